The second-order valence-corrected chi connectivity index (χ2v) is 7.14. The molecule has 2 aromatic carbocycles. The highest BCUT2D eigenvalue weighted by Gasteiger charge is 2.40. The van der Waals surface area contributed by atoms with Gasteiger partial charge in [-0.3, -0.25) is 4.90 Å². The summed E-state index contributed by atoms with van der Waals surface area (Å²) in [7, 11) is 1.56. The number of methoxy groups -OCH3 is 1. The standard InChI is InChI=1S/C22H25NO6/c1-26-18-10-6-7-15(19(18)27-14-13-23-11-4-5-12-23)20-21(22(24)25)29-17-9-3-2-8-16(17)28-20/h2-3,6-10,20-21H,4-5,11-14H2,1H3,(H,24,25). The topological polar surface area (TPSA) is 77.5 Å². The number of carboxylic acid groups (broad SMARTS) is 1. The Morgan fingerprint density at radius 3 is 2.52 bits per heavy atom. The van der Waals surface area contributed by atoms with E-state index in [4.69, 9.17) is 18.9 Å². The number of hydrogen-bond donors (Lipinski definition) is 1. The molecular formula is C22H25NO6. The summed E-state index contributed by atoms with van der Waals surface area (Å²) in [6, 6.07) is 12.4. The van der Waals surface area contributed by atoms with Gasteiger partial charge in [-0.15, -0.1) is 0 Å². The number of fused-ring (bicyclic) bond motifs is 1. The quantitative estimate of drug-likeness (QED) is 0.766. The Bertz CT molecular complexity index is 864. The Kier molecular flexibility index (Phi) is 5.76. The van der Waals surface area contributed by atoms with Gasteiger partial charge in [0.25, 0.3) is 0 Å². The van der Waals surface area contributed by atoms with Crippen LogP contribution in [0.2, 0.25) is 0 Å². The van der Waals surface area contributed by atoms with Crippen LogP contribution < -0.4 is 18.9 Å². The largest absolute Gasteiger partial charge is 0.493 e. The average molecular weight is 399 g/mol. The predicted octanol–water partition coefficient (Wildman–Crippen LogP) is 3.14. The zero-order chi connectivity index (χ0) is 20.2. The number of hydrogen-bond acceptors (Lipinski definition) is 6. The van der Waals surface area contributed by atoms with E-state index in [1.54, 1.807) is 43.5 Å². The summed E-state index contributed by atoms with van der Waals surface area (Å²) in [5.41, 5.74) is 0.590. The summed E-state index contributed by atoms with van der Waals surface area (Å²) in [5.74, 6) is 0.843. The first-order chi connectivity index (χ1) is 14.2. The van der Waals surface area contributed by atoms with Crippen molar-refractivity contribution in [2.75, 3.05) is 33.4 Å². The number of likely N-dealkylation sites (tertiary alicyclic amines) is 1. The first kappa shape index (κ1) is 19.4. The van der Waals surface area contributed by atoms with Crippen molar-refractivity contribution in [1.82, 2.24) is 4.90 Å². The third kappa shape index (κ3) is 4.10. The molecule has 0 spiro atoms. The van der Waals surface area contributed by atoms with E-state index in [1.165, 1.54) is 12.8 Å². The van der Waals surface area contributed by atoms with Gasteiger partial charge >= 0.3 is 5.97 Å². The Labute approximate surface area is 169 Å². The van der Waals surface area contributed by atoms with Gasteiger partial charge in [0.1, 0.15) is 6.61 Å². The lowest BCUT2D eigenvalue weighted by molar-refractivity contribution is -0.151. The molecule has 7 nitrogen and oxygen atoms in total. The van der Waals surface area contributed by atoms with Crippen molar-refractivity contribution in [3.05, 3.63) is 48.0 Å². The zero-order valence-electron chi connectivity index (χ0n) is 16.4. The summed E-state index contributed by atoms with van der Waals surface area (Å²) in [6.45, 7) is 3.46. The van der Waals surface area contributed by atoms with E-state index in [-0.39, 0.29) is 0 Å². The van der Waals surface area contributed by atoms with Gasteiger partial charge in [0.15, 0.2) is 29.1 Å². The van der Waals surface area contributed by atoms with Gasteiger partial charge in [0.05, 0.1) is 7.11 Å². The van der Waals surface area contributed by atoms with Crippen LogP contribution >= 0.6 is 0 Å². The van der Waals surface area contributed by atoms with E-state index in [0.29, 0.717) is 35.2 Å². The van der Waals surface area contributed by atoms with Crippen molar-refractivity contribution >= 4 is 5.97 Å². The molecule has 29 heavy (non-hydrogen) atoms. The molecule has 2 aromatic rings. The molecule has 1 saturated heterocycles. The van der Waals surface area contributed by atoms with Crippen LogP contribution in [0.1, 0.15) is 24.5 Å². The Balaban J connectivity index is 1.62. The SMILES string of the molecule is COc1cccc(C2Oc3ccccc3OC2C(=O)O)c1OCCN1CCCC1. The van der Waals surface area contributed by atoms with E-state index in [2.05, 4.69) is 4.90 Å². The molecular weight excluding hydrogens is 374 g/mol. The lowest BCUT2D eigenvalue weighted by atomic mass is 10.0. The van der Waals surface area contributed by atoms with Crippen molar-refractivity contribution < 1.29 is 28.8 Å². The summed E-state index contributed by atoms with van der Waals surface area (Å²) in [5, 5.41) is 9.75. The van der Waals surface area contributed by atoms with Crippen LogP contribution in [0.25, 0.3) is 0 Å². The second kappa shape index (κ2) is 8.61. The zero-order valence-corrected chi connectivity index (χ0v) is 16.4. The fraction of sp³-hybridized carbons (Fsp3) is 0.409. The van der Waals surface area contributed by atoms with Crippen LogP contribution in [-0.4, -0.2) is 55.4 Å². The highest BCUT2D eigenvalue weighted by atomic mass is 16.6. The smallest absolute Gasteiger partial charge is 0.349 e. The van der Waals surface area contributed by atoms with Crippen molar-refractivity contribution in [2.24, 2.45) is 0 Å². The molecule has 7 heteroatoms. The number of para-hydroxylation sites is 3. The van der Waals surface area contributed by atoms with Crippen LogP contribution in [0.5, 0.6) is 23.0 Å². The van der Waals surface area contributed by atoms with Crippen LogP contribution in [0.4, 0.5) is 0 Å². The van der Waals surface area contributed by atoms with Crippen molar-refractivity contribution in [1.29, 1.82) is 0 Å². The molecule has 2 aliphatic heterocycles. The Morgan fingerprint density at radius 1 is 1.10 bits per heavy atom. The van der Waals surface area contributed by atoms with Crippen LogP contribution in [-0.2, 0) is 4.79 Å². The molecule has 0 aromatic heterocycles. The number of nitrogens with zero attached hydrogens (tertiary/aromatic N) is 1. The van der Waals surface area contributed by atoms with Crippen molar-refractivity contribution in [2.45, 2.75) is 25.0 Å². The molecule has 0 aliphatic carbocycles. The van der Waals surface area contributed by atoms with E-state index in [0.717, 1.165) is 19.6 Å². The first-order valence-electron chi connectivity index (χ1n) is 9.84. The van der Waals surface area contributed by atoms with E-state index in [9.17, 15) is 9.90 Å². The highest BCUT2D eigenvalue weighted by Crippen LogP contribution is 2.44. The van der Waals surface area contributed by atoms with Gasteiger partial charge in [0.2, 0.25) is 6.10 Å². The van der Waals surface area contributed by atoms with Crippen LogP contribution in [0.3, 0.4) is 0 Å². The minimum Gasteiger partial charge on any atom is -0.493 e. The van der Waals surface area contributed by atoms with Gasteiger partial charge in [-0.25, -0.2) is 4.79 Å². The molecule has 0 saturated carbocycles. The Hall–Kier alpha value is -2.93. The van der Waals surface area contributed by atoms with Crippen molar-refractivity contribution in [3.63, 3.8) is 0 Å². The molecule has 2 atom stereocenters. The molecule has 2 unspecified atom stereocenters. The van der Waals surface area contributed by atoms with Crippen LogP contribution in [0, 0.1) is 0 Å². The number of rotatable bonds is 7. The first-order valence-corrected chi connectivity index (χ1v) is 9.84. The van der Waals surface area contributed by atoms with Crippen LogP contribution in [0.15, 0.2) is 42.5 Å². The summed E-state index contributed by atoms with van der Waals surface area (Å²) < 4.78 is 23.4. The minimum absolute atomic E-state index is 0.413. The van der Waals surface area contributed by atoms with Gasteiger partial charge in [-0.1, -0.05) is 24.3 Å². The maximum Gasteiger partial charge on any atom is 0.349 e. The average Bonchev–Trinajstić information content (AvgIpc) is 3.26. The van der Waals surface area contributed by atoms with E-state index >= 15 is 0 Å². The summed E-state index contributed by atoms with van der Waals surface area (Å²) in [6.07, 6.45) is 0.372. The van der Waals surface area contributed by atoms with Gasteiger partial charge in [-0.05, 0) is 44.1 Å². The lowest BCUT2D eigenvalue weighted by Gasteiger charge is -2.33. The third-order valence-electron chi connectivity index (χ3n) is 5.26. The minimum atomic E-state index is -1.20. The second-order valence-electron chi connectivity index (χ2n) is 7.14. The van der Waals surface area contributed by atoms with Crippen molar-refractivity contribution in [3.8, 4) is 23.0 Å². The number of ether oxygens (including phenoxy) is 4. The Morgan fingerprint density at radius 2 is 1.83 bits per heavy atom. The fourth-order valence-electron chi connectivity index (χ4n) is 3.80. The normalized spacial score (nSPS) is 21.0. The van der Waals surface area contributed by atoms with Gasteiger partial charge in [-0.2, -0.15) is 0 Å². The molecule has 4 rings (SSSR count). The van der Waals surface area contributed by atoms with Gasteiger partial charge in [0, 0.05) is 12.1 Å². The van der Waals surface area contributed by atoms with E-state index in [1.807, 2.05) is 6.07 Å². The predicted molar refractivity (Wildman–Crippen MR) is 106 cm³/mol. The maximum absolute atomic E-state index is 11.9. The number of carboxylic acids is 1. The molecule has 0 amide bonds. The molecule has 2 aliphatic rings. The fourth-order valence-corrected chi connectivity index (χ4v) is 3.80. The molecule has 1 N–H and O–H groups in total. The molecule has 0 radical (unpaired) electrons. The maximum atomic E-state index is 11.9. The summed E-state index contributed by atoms with van der Waals surface area (Å²) in [4.78, 5) is 14.3. The van der Waals surface area contributed by atoms with Gasteiger partial charge < -0.3 is 24.1 Å². The molecule has 154 valence electrons. The molecule has 2 heterocycles. The third-order valence-corrected chi connectivity index (χ3v) is 5.26. The van der Waals surface area contributed by atoms with E-state index < -0.39 is 18.2 Å². The number of aliphatic carboxylic acids is 1. The molecule has 1 fully saturated rings. The number of benzene rings is 2. The number of carbonyl (C=O) groups is 1. The molecule has 0 bridgehead atoms. The lowest BCUT2D eigenvalue weighted by Crippen LogP contribution is -2.39. The monoisotopic (exact) mass is 399 g/mol. The highest BCUT2D eigenvalue weighted by molar-refractivity contribution is 5.75. The summed E-state index contributed by atoms with van der Waals surface area (Å²) >= 11 is 0.